The fourth-order valence-corrected chi connectivity index (χ4v) is 2.05. The summed E-state index contributed by atoms with van der Waals surface area (Å²) in [4.78, 5) is 16.3. The molecule has 5 heteroatoms. The Morgan fingerprint density at radius 3 is 2.76 bits per heavy atom. The maximum absolute atomic E-state index is 12.0. The van der Waals surface area contributed by atoms with Gasteiger partial charge in [0, 0.05) is 24.2 Å². The zero-order valence-corrected chi connectivity index (χ0v) is 12.2. The molecule has 2 rings (SSSR count). The van der Waals surface area contributed by atoms with Gasteiger partial charge in [-0.1, -0.05) is 18.2 Å². The molecule has 3 N–H and O–H groups in total. The minimum atomic E-state index is -0.196. The van der Waals surface area contributed by atoms with Gasteiger partial charge in [-0.05, 0) is 25.1 Å². The summed E-state index contributed by atoms with van der Waals surface area (Å²) in [7, 11) is 1.57. The number of carbonyl (C=O) groups excluding carboxylic acids is 1. The summed E-state index contributed by atoms with van der Waals surface area (Å²) >= 11 is 0. The first kappa shape index (κ1) is 15.0. The zero-order valence-electron chi connectivity index (χ0n) is 12.2. The van der Waals surface area contributed by atoms with E-state index >= 15 is 0 Å². The second-order valence-electron chi connectivity index (χ2n) is 4.83. The normalized spacial score (nSPS) is 11.8. The molecule has 0 spiro atoms. The van der Waals surface area contributed by atoms with Crippen molar-refractivity contribution in [2.24, 2.45) is 5.73 Å². The Morgan fingerprint density at radius 1 is 1.33 bits per heavy atom. The van der Waals surface area contributed by atoms with Crippen LogP contribution in [0.4, 0.5) is 5.69 Å². The van der Waals surface area contributed by atoms with Crippen LogP contribution in [-0.4, -0.2) is 24.0 Å². The predicted molar refractivity (Wildman–Crippen MR) is 83.1 cm³/mol. The van der Waals surface area contributed by atoms with E-state index in [0.29, 0.717) is 11.4 Å². The van der Waals surface area contributed by atoms with Gasteiger partial charge in [-0.25, -0.2) is 0 Å². The number of nitrogens with zero attached hydrogens (tertiary/aromatic N) is 1. The molecular formula is C16H19N3O2. The van der Waals surface area contributed by atoms with Crippen molar-refractivity contribution in [3.8, 4) is 17.0 Å². The highest BCUT2D eigenvalue weighted by atomic mass is 16.5. The molecule has 1 unspecified atom stereocenters. The summed E-state index contributed by atoms with van der Waals surface area (Å²) in [5, 5.41) is 2.88. The van der Waals surface area contributed by atoms with E-state index in [-0.39, 0.29) is 18.4 Å². The number of benzene rings is 1. The first-order valence-electron chi connectivity index (χ1n) is 6.75. The smallest absolute Gasteiger partial charge is 0.226 e. The molecule has 0 saturated heterocycles. The number of carbonyl (C=O) groups is 1. The molecule has 0 aliphatic rings. The third-order valence-electron chi connectivity index (χ3n) is 2.96. The van der Waals surface area contributed by atoms with Gasteiger partial charge in [0.25, 0.3) is 0 Å². The Bertz CT molecular complexity index is 612. The van der Waals surface area contributed by atoms with E-state index in [0.717, 1.165) is 11.3 Å². The second-order valence-corrected chi connectivity index (χ2v) is 4.83. The third kappa shape index (κ3) is 3.79. The van der Waals surface area contributed by atoms with E-state index in [2.05, 4.69) is 10.3 Å². The summed E-state index contributed by atoms with van der Waals surface area (Å²) < 4.78 is 5.34. The number of nitrogens with two attached hydrogens (primary N) is 1. The van der Waals surface area contributed by atoms with Crippen molar-refractivity contribution in [3.05, 3.63) is 42.6 Å². The highest BCUT2D eigenvalue weighted by Gasteiger charge is 2.15. The number of ether oxygens (including phenoxy) is 1. The number of amides is 1. The Labute approximate surface area is 124 Å². The standard InChI is InChI=1S/C16H19N3O2/c1-11(17)10-15(20)19-16-12(6-5-8-14(16)21-2)13-7-3-4-9-18-13/h3-9,11H,10,17H2,1-2H3,(H,19,20). The molecule has 0 saturated carbocycles. The van der Waals surface area contributed by atoms with Crippen molar-refractivity contribution in [3.63, 3.8) is 0 Å². The van der Waals surface area contributed by atoms with Crippen LogP contribution in [-0.2, 0) is 4.79 Å². The number of para-hydroxylation sites is 1. The topological polar surface area (TPSA) is 77.2 Å². The van der Waals surface area contributed by atoms with Crippen LogP contribution in [0.25, 0.3) is 11.3 Å². The van der Waals surface area contributed by atoms with Crippen LogP contribution in [0.2, 0.25) is 0 Å². The average molecular weight is 285 g/mol. The Kier molecular flexibility index (Phi) is 4.90. The van der Waals surface area contributed by atoms with Gasteiger partial charge >= 0.3 is 0 Å². The molecule has 110 valence electrons. The van der Waals surface area contributed by atoms with E-state index in [1.165, 1.54) is 0 Å². The first-order chi connectivity index (χ1) is 10.1. The summed E-state index contributed by atoms with van der Waals surface area (Å²) in [6, 6.07) is 11.0. The molecule has 1 aromatic carbocycles. The molecule has 0 fully saturated rings. The molecule has 21 heavy (non-hydrogen) atoms. The van der Waals surface area contributed by atoms with Crippen LogP contribution >= 0.6 is 0 Å². The van der Waals surface area contributed by atoms with Crippen molar-refractivity contribution in [2.75, 3.05) is 12.4 Å². The summed E-state index contributed by atoms with van der Waals surface area (Å²) in [6.07, 6.45) is 1.96. The number of nitrogens with one attached hydrogen (secondary N) is 1. The van der Waals surface area contributed by atoms with Gasteiger partial charge in [0.1, 0.15) is 5.75 Å². The van der Waals surface area contributed by atoms with Crippen molar-refractivity contribution in [2.45, 2.75) is 19.4 Å². The highest BCUT2D eigenvalue weighted by molar-refractivity contribution is 5.97. The lowest BCUT2D eigenvalue weighted by atomic mass is 10.1. The van der Waals surface area contributed by atoms with Crippen molar-refractivity contribution >= 4 is 11.6 Å². The lowest BCUT2D eigenvalue weighted by Gasteiger charge is -2.15. The number of anilines is 1. The molecule has 1 aromatic heterocycles. The Balaban J connectivity index is 2.40. The summed E-state index contributed by atoms with van der Waals surface area (Å²) in [5.74, 6) is 0.447. The van der Waals surface area contributed by atoms with E-state index < -0.39 is 0 Å². The van der Waals surface area contributed by atoms with Crippen LogP contribution in [0.1, 0.15) is 13.3 Å². The molecule has 1 heterocycles. The summed E-state index contributed by atoms with van der Waals surface area (Å²) in [6.45, 7) is 1.79. The minimum absolute atomic E-state index is 0.147. The predicted octanol–water partition coefficient (Wildman–Crippen LogP) is 2.43. The fraction of sp³-hybridized carbons (Fsp3) is 0.250. The number of rotatable bonds is 5. The maximum atomic E-state index is 12.0. The monoisotopic (exact) mass is 285 g/mol. The van der Waals surface area contributed by atoms with Gasteiger partial charge < -0.3 is 15.8 Å². The van der Waals surface area contributed by atoms with Gasteiger partial charge in [-0.15, -0.1) is 0 Å². The number of aromatic nitrogens is 1. The number of methoxy groups -OCH3 is 1. The molecule has 0 radical (unpaired) electrons. The molecular weight excluding hydrogens is 266 g/mol. The number of hydrogen-bond acceptors (Lipinski definition) is 4. The number of hydrogen-bond donors (Lipinski definition) is 2. The van der Waals surface area contributed by atoms with E-state index in [9.17, 15) is 4.79 Å². The Hall–Kier alpha value is -2.40. The van der Waals surface area contributed by atoms with Gasteiger partial charge in [0.15, 0.2) is 0 Å². The Morgan fingerprint density at radius 2 is 2.14 bits per heavy atom. The lowest BCUT2D eigenvalue weighted by molar-refractivity contribution is -0.116. The minimum Gasteiger partial charge on any atom is -0.495 e. The molecule has 5 nitrogen and oxygen atoms in total. The molecule has 0 aliphatic heterocycles. The first-order valence-corrected chi connectivity index (χ1v) is 6.75. The molecule has 1 amide bonds. The second kappa shape index (κ2) is 6.85. The summed E-state index contributed by atoms with van der Waals surface area (Å²) in [5.41, 5.74) is 7.86. The molecule has 0 bridgehead atoms. The van der Waals surface area contributed by atoms with E-state index in [4.69, 9.17) is 10.5 Å². The number of pyridine rings is 1. The largest absolute Gasteiger partial charge is 0.495 e. The fourth-order valence-electron chi connectivity index (χ4n) is 2.05. The van der Waals surface area contributed by atoms with Gasteiger partial charge in [0.2, 0.25) is 5.91 Å². The van der Waals surface area contributed by atoms with Crippen LogP contribution in [0.15, 0.2) is 42.6 Å². The van der Waals surface area contributed by atoms with Crippen molar-refractivity contribution in [1.82, 2.24) is 4.98 Å². The zero-order chi connectivity index (χ0) is 15.2. The van der Waals surface area contributed by atoms with Gasteiger partial charge in [0.05, 0.1) is 18.5 Å². The SMILES string of the molecule is COc1cccc(-c2ccccn2)c1NC(=O)CC(C)N. The quantitative estimate of drug-likeness (QED) is 0.884. The molecule has 2 aromatic rings. The van der Waals surface area contributed by atoms with Crippen LogP contribution in [0, 0.1) is 0 Å². The van der Waals surface area contributed by atoms with Crippen molar-refractivity contribution < 1.29 is 9.53 Å². The lowest BCUT2D eigenvalue weighted by Crippen LogP contribution is -2.24. The maximum Gasteiger partial charge on any atom is 0.226 e. The van der Waals surface area contributed by atoms with Crippen molar-refractivity contribution in [1.29, 1.82) is 0 Å². The molecule has 1 atom stereocenters. The molecule has 0 aliphatic carbocycles. The van der Waals surface area contributed by atoms with Crippen LogP contribution in [0.3, 0.4) is 0 Å². The average Bonchev–Trinajstić information content (AvgIpc) is 2.47. The van der Waals surface area contributed by atoms with E-state index in [1.807, 2.05) is 30.3 Å². The van der Waals surface area contributed by atoms with Gasteiger partial charge in [-0.3, -0.25) is 9.78 Å². The van der Waals surface area contributed by atoms with Gasteiger partial charge in [-0.2, -0.15) is 0 Å². The van der Waals surface area contributed by atoms with Crippen LogP contribution < -0.4 is 15.8 Å². The van der Waals surface area contributed by atoms with E-state index in [1.54, 1.807) is 26.3 Å². The highest BCUT2D eigenvalue weighted by Crippen LogP contribution is 2.34. The third-order valence-corrected chi connectivity index (χ3v) is 2.96. The van der Waals surface area contributed by atoms with Crippen LogP contribution in [0.5, 0.6) is 5.75 Å².